The number of aliphatic hydroxyl groups excluding tert-OH is 1. The Morgan fingerprint density at radius 1 is 0.926 bits per heavy atom. The highest BCUT2D eigenvalue weighted by atomic mass is 16.4. The zero-order chi connectivity index (χ0) is 21.3. The van der Waals surface area contributed by atoms with E-state index < -0.39 is 54.5 Å². The molecule has 0 aromatic carbocycles. The third-order valence-corrected chi connectivity index (χ3v) is 4.36. The van der Waals surface area contributed by atoms with Gasteiger partial charge in [0.15, 0.2) is 0 Å². The van der Waals surface area contributed by atoms with Crippen LogP contribution in [0, 0.1) is 11.8 Å². The number of aliphatic carboxylic acids is 1. The van der Waals surface area contributed by atoms with Gasteiger partial charge in [-0.1, -0.05) is 34.1 Å². The first-order chi connectivity index (χ1) is 12.5. The molecule has 3 amide bonds. The molecule has 0 spiro atoms. The number of aliphatic hydroxyl groups is 1. The molecule has 0 bridgehead atoms. The number of hydrogen-bond donors (Lipinski definition) is 6. The summed E-state index contributed by atoms with van der Waals surface area (Å²) in [6.07, 6.45) is 0.536. The smallest absolute Gasteiger partial charge is 0.328 e. The Balaban J connectivity index is 5.08. The van der Waals surface area contributed by atoms with Crippen molar-refractivity contribution < 1.29 is 29.4 Å². The monoisotopic (exact) mass is 388 g/mol. The van der Waals surface area contributed by atoms with Crippen LogP contribution >= 0.6 is 0 Å². The van der Waals surface area contributed by atoms with E-state index in [2.05, 4.69) is 16.0 Å². The molecule has 0 rings (SSSR count). The van der Waals surface area contributed by atoms with E-state index in [1.165, 1.54) is 6.92 Å². The number of carboxylic acid groups (broad SMARTS) is 1. The second-order valence-corrected chi connectivity index (χ2v) is 6.95. The molecule has 0 radical (unpaired) electrons. The van der Waals surface area contributed by atoms with Crippen molar-refractivity contribution in [2.24, 2.45) is 17.6 Å². The lowest BCUT2D eigenvalue weighted by Crippen LogP contribution is -2.58. The van der Waals surface area contributed by atoms with Crippen LogP contribution in [0.25, 0.3) is 0 Å². The van der Waals surface area contributed by atoms with Gasteiger partial charge in [0.1, 0.15) is 18.1 Å². The fraction of sp³-hybridized carbons (Fsp3) is 0.765. The Bertz CT molecular complexity index is 540. The van der Waals surface area contributed by atoms with Crippen molar-refractivity contribution in [3.05, 3.63) is 0 Å². The number of rotatable bonds is 11. The van der Waals surface area contributed by atoms with E-state index in [1.54, 1.807) is 20.8 Å². The molecule has 0 saturated carbocycles. The summed E-state index contributed by atoms with van der Waals surface area (Å²) in [4.78, 5) is 47.7. The number of carboxylic acids is 1. The van der Waals surface area contributed by atoms with Crippen LogP contribution in [0.15, 0.2) is 0 Å². The minimum atomic E-state index is -1.47. The maximum Gasteiger partial charge on any atom is 0.328 e. The molecule has 0 aliphatic heterocycles. The Morgan fingerprint density at radius 2 is 1.48 bits per heavy atom. The third kappa shape index (κ3) is 7.92. The van der Waals surface area contributed by atoms with E-state index in [-0.39, 0.29) is 11.8 Å². The van der Waals surface area contributed by atoms with Crippen LogP contribution in [0.2, 0.25) is 0 Å². The van der Waals surface area contributed by atoms with Gasteiger partial charge in [-0.3, -0.25) is 14.4 Å². The second kappa shape index (κ2) is 11.5. The highest BCUT2D eigenvalue weighted by Gasteiger charge is 2.31. The van der Waals surface area contributed by atoms with Crippen LogP contribution in [-0.4, -0.2) is 64.7 Å². The van der Waals surface area contributed by atoms with E-state index in [1.807, 2.05) is 6.92 Å². The number of nitrogens with two attached hydrogens (primary N) is 1. The van der Waals surface area contributed by atoms with Crippen LogP contribution < -0.4 is 21.7 Å². The maximum atomic E-state index is 12.4. The average molecular weight is 388 g/mol. The Kier molecular flexibility index (Phi) is 10.6. The van der Waals surface area contributed by atoms with Crippen molar-refractivity contribution >= 4 is 23.7 Å². The molecule has 156 valence electrons. The van der Waals surface area contributed by atoms with Crippen molar-refractivity contribution in [3.8, 4) is 0 Å². The molecule has 0 aromatic rings. The first kappa shape index (κ1) is 24.8. The highest BCUT2D eigenvalue weighted by Crippen LogP contribution is 2.09. The number of nitrogens with one attached hydrogen (secondary N) is 3. The topological polar surface area (TPSA) is 171 Å². The third-order valence-electron chi connectivity index (χ3n) is 4.36. The minimum Gasteiger partial charge on any atom is -0.480 e. The van der Waals surface area contributed by atoms with Gasteiger partial charge in [-0.25, -0.2) is 4.79 Å². The average Bonchev–Trinajstić information content (AvgIpc) is 2.61. The molecule has 27 heavy (non-hydrogen) atoms. The van der Waals surface area contributed by atoms with Crippen molar-refractivity contribution in [2.75, 3.05) is 6.61 Å². The van der Waals surface area contributed by atoms with Crippen molar-refractivity contribution in [3.63, 3.8) is 0 Å². The lowest BCUT2D eigenvalue weighted by atomic mass is 9.97. The maximum absolute atomic E-state index is 12.4. The summed E-state index contributed by atoms with van der Waals surface area (Å²) < 4.78 is 0. The fourth-order valence-corrected chi connectivity index (χ4v) is 2.11. The zero-order valence-electron chi connectivity index (χ0n) is 16.5. The molecule has 0 aromatic heterocycles. The van der Waals surface area contributed by atoms with Gasteiger partial charge >= 0.3 is 5.97 Å². The van der Waals surface area contributed by atoms with Gasteiger partial charge in [-0.05, 0) is 18.8 Å². The predicted octanol–water partition coefficient (Wildman–Crippen LogP) is -1.43. The first-order valence-electron chi connectivity index (χ1n) is 8.96. The lowest BCUT2D eigenvalue weighted by Gasteiger charge is -2.27. The molecule has 0 saturated heterocycles. The highest BCUT2D eigenvalue weighted by molar-refractivity contribution is 5.94. The minimum absolute atomic E-state index is 0.106. The van der Waals surface area contributed by atoms with Gasteiger partial charge in [0.25, 0.3) is 0 Å². The van der Waals surface area contributed by atoms with Crippen LogP contribution in [0.3, 0.4) is 0 Å². The van der Waals surface area contributed by atoms with Gasteiger partial charge in [-0.15, -0.1) is 0 Å². The summed E-state index contributed by atoms with van der Waals surface area (Å²) in [6, 6.07) is -4.19. The number of hydrogen-bond acceptors (Lipinski definition) is 6. The Labute approximate surface area is 159 Å². The van der Waals surface area contributed by atoms with E-state index in [4.69, 9.17) is 15.9 Å². The second-order valence-electron chi connectivity index (χ2n) is 6.95. The van der Waals surface area contributed by atoms with Crippen molar-refractivity contribution in [1.29, 1.82) is 0 Å². The normalized spacial score (nSPS) is 16.6. The quantitative estimate of drug-likeness (QED) is 0.252. The summed E-state index contributed by atoms with van der Waals surface area (Å²) in [6.45, 7) is 7.76. The number of carbonyl (C=O) groups excluding carboxylic acids is 3. The van der Waals surface area contributed by atoms with Crippen LogP contribution in [-0.2, 0) is 19.2 Å². The summed E-state index contributed by atoms with van der Waals surface area (Å²) >= 11 is 0. The molecule has 10 heteroatoms. The molecule has 10 nitrogen and oxygen atoms in total. The first-order valence-corrected chi connectivity index (χ1v) is 8.96. The summed E-state index contributed by atoms with van der Waals surface area (Å²) in [5.74, 6) is -3.60. The van der Waals surface area contributed by atoms with E-state index >= 15 is 0 Å². The van der Waals surface area contributed by atoms with E-state index in [0.29, 0.717) is 6.42 Å². The SMILES string of the molecule is CCC(C)C(NC(=O)C(C)NC(=O)C(N)C(C)C)C(=O)NC(CO)C(=O)O. The summed E-state index contributed by atoms with van der Waals surface area (Å²) in [5.41, 5.74) is 5.74. The van der Waals surface area contributed by atoms with Gasteiger partial charge in [0.2, 0.25) is 17.7 Å². The molecular formula is C17H32N4O6. The predicted molar refractivity (Wildman–Crippen MR) is 98.5 cm³/mol. The molecule has 0 heterocycles. The van der Waals surface area contributed by atoms with Gasteiger partial charge in [0.05, 0.1) is 12.6 Å². The van der Waals surface area contributed by atoms with E-state index in [9.17, 15) is 19.2 Å². The van der Waals surface area contributed by atoms with Crippen molar-refractivity contribution in [2.45, 2.75) is 65.2 Å². The summed E-state index contributed by atoms with van der Waals surface area (Å²) in [5, 5.41) is 25.2. The Morgan fingerprint density at radius 3 is 1.89 bits per heavy atom. The zero-order valence-corrected chi connectivity index (χ0v) is 16.5. The van der Waals surface area contributed by atoms with E-state index in [0.717, 1.165) is 0 Å². The molecule has 7 N–H and O–H groups in total. The summed E-state index contributed by atoms with van der Waals surface area (Å²) in [7, 11) is 0. The van der Waals surface area contributed by atoms with Gasteiger partial charge < -0.3 is 31.9 Å². The van der Waals surface area contributed by atoms with Crippen LogP contribution in [0.4, 0.5) is 0 Å². The Hall–Kier alpha value is -2.20. The molecule has 0 aliphatic rings. The standard InChI is InChI=1S/C17H32N4O6/c1-6-9(4)13(16(25)20-11(7-22)17(26)27)21-14(23)10(5)19-15(24)12(18)8(2)3/h8-13,22H,6-7,18H2,1-5H3,(H,19,24)(H,20,25)(H,21,23)(H,26,27). The van der Waals surface area contributed by atoms with Crippen molar-refractivity contribution in [1.82, 2.24) is 16.0 Å². The number of amides is 3. The molecule has 5 atom stereocenters. The molecule has 0 fully saturated rings. The lowest BCUT2D eigenvalue weighted by molar-refractivity contribution is -0.143. The van der Waals surface area contributed by atoms with Gasteiger partial charge in [0, 0.05) is 0 Å². The van der Waals surface area contributed by atoms with Crippen LogP contribution in [0.1, 0.15) is 41.0 Å². The molecular weight excluding hydrogens is 356 g/mol. The largest absolute Gasteiger partial charge is 0.480 e. The van der Waals surface area contributed by atoms with Crippen LogP contribution in [0.5, 0.6) is 0 Å². The fourth-order valence-electron chi connectivity index (χ4n) is 2.11. The number of carbonyl (C=O) groups is 4. The molecule has 5 unspecified atom stereocenters. The van der Waals surface area contributed by atoms with Gasteiger partial charge in [-0.2, -0.15) is 0 Å². The molecule has 0 aliphatic carbocycles.